The lowest BCUT2D eigenvalue weighted by atomic mass is 9.94. The summed E-state index contributed by atoms with van der Waals surface area (Å²) in [5, 5.41) is 7.04. The fraction of sp³-hybridized carbons (Fsp3) is 0.500. The Balaban J connectivity index is 0.00000180. The monoisotopic (exact) mass is 302 g/mol. The highest BCUT2D eigenvalue weighted by Gasteiger charge is 2.22. The van der Waals surface area contributed by atoms with E-state index in [1.807, 2.05) is 24.3 Å². The number of carbonyl (C=O) groups is 1. The number of nitrogens with one attached hydrogen (secondary N) is 2. The summed E-state index contributed by atoms with van der Waals surface area (Å²) in [5.74, 6) is 0.574. The maximum absolute atomic E-state index is 12.0. The average molecular weight is 303 g/mol. The summed E-state index contributed by atoms with van der Waals surface area (Å²) in [5.41, 5.74) is 0.882. The average Bonchev–Trinajstić information content (AvgIpc) is 2.35. The molecule has 2 atom stereocenters. The number of piperidine rings is 1. The second kappa shape index (κ2) is 7.73. The normalized spacial score (nSPS) is 22.4. The maximum atomic E-state index is 12.0. The van der Waals surface area contributed by atoms with Gasteiger partial charge in [-0.3, -0.25) is 4.79 Å². The number of carbonyl (C=O) groups excluding carboxylic acids is 1. The van der Waals surface area contributed by atoms with Gasteiger partial charge in [-0.2, -0.15) is 0 Å². The van der Waals surface area contributed by atoms with Gasteiger partial charge in [-0.25, -0.2) is 0 Å². The molecule has 2 rings (SSSR count). The molecule has 1 aliphatic heterocycles. The fourth-order valence-electron chi connectivity index (χ4n) is 2.26. The predicted molar refractivity (Wildman–Crippen MR) is 81.0 cm³/mol. The van der Waals surface area contributed by atoms with Crippen molar-refractivity contribution in [3.05, 3.63) is 34.9 Å². The molecule has 1 heterocycles. The highest BCUT2D eigenvalue weighted by molar-refractivity contribution is 6.31. The van der Waals surface area contributed by atoms with Gasteiger partial charge < -0.3 is 10.6 Å². The topological polar surface area (TPSA) is 41.1 Å². The summed E-state index contributed by atoms with van der Waals surface area (Å²) in [6.45, 7) is 4.08. The van der Waals surface area contributed by atoms with Gasteiger partial charge in [0.05, 0.1) is 6.42 Å². The minimum atomic E-state index is 0. The van der Waals surface area contributed by atoms with Crippen LogP contribution in [0.1, 0.15) is 18.9 Å². The minimum Gasteiger partial charge on any atom is -0.352 e. The van der Waals surface area contributed by atoms with Crippen LogP contribution in [0.15, 0.2) is 24.3 Å². The van der Waals surface area contributed by atoms with Crippen molar-refractivity contribution in [2.24, 2.45) is 5.92 Å². The van der Waals surface area contributed by atoms with E-state index in [0.29, 0.717) is 17.4 Å². The molecule has 2 unspecified atom stereocenters. The van der Waals surface area contributed by atoms with Gasteiger partial charge in [-0.15, -0.1) is 12.4 Å². The van der Waals surface area contributed by atoms with E-state index in [-0.39, 0.29) is 24.4 Å². The zero-order valence-corrected chi connectivity index (χ0v) is 12.6. The molecule has 1 saturated heterocycles. The van der Waals surface area contributed by atoms with Crippen LogP contribution in [0.25, 0.3) is 0 Å². The lowest BCUT2D eigenvalue weighted by Gasteiger charge is -2.30. The molecule has 1 fully saturated rings. The zero-order valence-electron chi connectivity index (χ0n) is 11.0. The second-order valence-electron chi connectivity index (χ2n) is 4.91. The van der Waals surface area contributed by atoms with Crippen molar-refractivity contribution in [3.8, 4) is 0 Å². The number of halogens is 2. The molecule has 5 heteroatoms. The first-order valence-electron chi connectivity index (χ1n) is 6.40. The third kappa shape index (κ3) is 4.68. The van der Waals surface area contributed by atoms with Crippen LogP contribution in [0, 0.1) is 5.92 Å². The smallest absolute Gasteiger partial charge is 0.224 e. The Morgan fingerprint density at radius 1 is 1.47 bits per heavy atom. The van der Waals surface area contributed by atoms with Crippen LogP contribution in [0.5, 0.6) is 0 Å². The lowest BCUT2D eigenvalue weighted by molar-refractivity contribution is -0.121. The van der Waals surface area contributed by atoms with Crippen LogP contribution in [0.2, 0.25) is 5.02 Å². The molecule has 106 valence electrons. The summed E-state index contributed by atoms with van der Waals surface area (Å²) >= 11 is 6.05. The number of rotatable bonds is 3. The molecule has 0 saturated carbocycles. The van der Waals surface area contributed by atoms with Crippen LogP contribution in [-0.2, 0) is 11.2 Å². The molecule has 1 aromatic carbocycles. The molecule has 0 radical (unpaired) electrons. The highest BCUT2D eigenvalue weighted by atomic mass is 35.5. The summed E-state index contributed by atoms with van der Waals surface area (Å²) in [7, 11) is 0. The Labute approximate surface area is 125 Å². The standard InChI is InChI=1S/C14H19ClN2O.ClH/c1-10-6-7-16-9-13(10)17-14(18)8-11-4-2-3-5-12(11)15;/h2-5,10,13,16H,6-9H2,1H3,(H,17,18);1H. The molecule has 1 aliphatic rings. The first kappa shape index (κ1) is 16.3. The number of hydrogen-bond donors (Lipinski definition) is 2. The number of amides is 1. The van der Waals surface area contributed by atoms with Crippen molar-refractivity contribution in [1.29, 1.82) is 0 Å². The number of benzene rings is 1. The Hall–Kier alpha value is -0.770. The second-order valence-corrected chi connectivity index (χ2v) is 5.32. The largest absolute Gasteiger partial charge is 0.352 e. The highest BCUT2D eigenvalue weighted by Crippen LogP contribution is 2.16. The zero-order chi connectivity index (χ0) is 13.0. The molecule has 0 aliphatic carbocycles. The minimum absolute atomic E-state index is 0. The van der Waals surface area contributed by atoms with E-state index in [2.05, 4.69) is 17.6 Å². The van der Waals surface area contributed by atoms with Crippen molar-refractivity contribution < 1.29 is 4.79 Å². The van der Waals surface area contributed by atoms with Gasteiger partial charge in [0, 0.05) is 17.6 Å². The molecule has 19 heavy (non-hydrogen) atoms. The molecule has 0 spiro atoms. The van der Waals surface area contributed by atoms with Crippen LogP contribution in [0.3, 0.4) is 0 Å². The van der Waals surface area contributed by atoms with E-state index in [1.54, 1.807) is 0 Å². The predicted octanol–water partition coefficient (Wildman–Crippen LogP) is 2.42. The van der Waals surface area contributed by atoms with Crippen molar-refractivity contribution in [1.82, 2.24) is 10.6 Å². The Kier molecular flexibility index (Phi) is 6.63. The van der Waals surface area contributed by atoms with E-state index in [0.717, 1.165) is 25.1 Å². The third-order valence-electron chi connectivity index (χ3n) is 3.48. The van der Waals surface area contributed by atoms with E-state index in [9.17, 15) is 4.79 Å². The molecule has 0 aromatic heterocycles. The van der Waals surface area contributed by atoms with E-state index < -0.39 is 0 Å². The molecule has 2 N–H and O–H groups in total. The van der Waals surface area contributed by atoms with Crippen molar-refractivity contribution >= 4 is 29.9 Å². The van der Waals surface area contributed by atoms with Gasteiger partial charge in [0.1, 0.15) is 0 Å². The van der Waals surface area contributed by atoms with Gasteiger partial charge in [0.2, 0.25) is 5.91 Å². The fourth-order valence-corrected chi connectivity index (χ4v) is 2.46. The van der Waals surface area contributed by atoms with E-state index >= 15 is 0 Å². The van der Waals surface area contributed by atoms with Gasteiger partial charge >= 0.3 is 0 Å². The van der Waals surface area contributed by atoms with Gasteiger partial charge in [0.25, 0.3) is 0 Å². The van der Waals surface area contributed by atoms with Crippen molar-refractivity contribution in [3.63, 3.8) is 0 Å². The SMILES string of the molecule is CC1CCNCC1NC(=O)Cc1ccccc1Cl.Cl. The van der Waals surface area contributed by atoms with Gasteiger partial charge in [0.15, 0.2) is 0 Å². The summed E-state index contributed by atoms with van der Waals surface area (Å²) < 4.78 is 0. The molecule has 3 nitrogen and oxygen atoms in total. The summed E-state index contributed by atoms with van der Waals surface area (Å²) in [6, 6.07) is 7.71. The van der Waals surface area contributed by atoms with Gasteiger partial charge in [-0.1, -0.05) is 36.7 Å². The first-order valence-corrected chi connectivity index (χ1v) is 6.78. The van der Waals surface area contributed by atoms with E-state index in [4.69, 9.17) is 11.6 Å². The van der Waals surface area contributed by atoms with Crippen LogP contribution < -0.4 is 10.6 Å². The van der Waals surface area contributed by atoms with Crippen molar-refractivity contribution in [2.75, 3.05) is 13.1 Å². The van der Waals surface area contributed by atoms with Crippen LogP contribution in [0.4, 0.5) is 0 Å². The molecular weight excluding hydrogens is 283 g/mol. The quantitative estimate of drug-likeness (QED) is 0.900. The van der Waals surface area contributed by atoms with Crippen LogP contribution >= 0.6 is 24.0 Å². The molecule has 1 amide bonds. The van der Waals surface area contributed by atoms with E-state index in [1.165, 1.54) is 0 Å². The molecular formula is C14H20Cl2N2O. The number of hydrogen-bond acceptors (Lipinski definition) is 2. The Morgan fingerprint density at radius 3 is 2.89 bits per heavy atom. The molecule has 0 bridgehead atoms. The first-order chi connectivity index (χ1) is 8.66. The maximum Gasteiger partial charge on any atom is 0.224 e. The Bertz CT molecular complexity index is 426. The molecule has 1 aromatic rings. The van der Waals surface area contributed by atoms with Gasteiger partial charge in [-0.05, 0) is 30.5 Å². The lowest BCUT2D eigenvalue weighted by Crippen LogP contribution is -2.50. The Morgan fingerprint density at radius 2 is 2.21 bits per heavy atom. The summed E-state index contributed by atoms with van der Waals surface area (Å²) in [6.07, 6.45) is 1.46. The third-order valence-corrected chi connectivity index (χ3v) is 3.85. The summed E-state index contributed by atoms with van der Waals surface area (Å²) in [4.78, 5) is 12.0. The van der Waals surface area contributed by atoms with Crippen molar-refractivity contribution in [2.45, 2.75) is 25.8 Å². The van der Waals surface area contributed by atoms with Crippen LogP contribution in [-0.4, -0.2) is 25.0 Å².